The van der Waals surface area contributed by atoms with E-state index in [4.69, 9.17) is 4.52 Å². The highest BCUT2D eigenvalue weighted by atomic mass is 32.1. The van der Waals surface area contributed by atoms with E-state index >= 15 is 0 Å². The predicted molar refractivity (Wildman–Crippen MR) is 85.9 cm³/mol. The highest BCUT2D eigenvalue weighted by molar-refractivity contribution is 7.16. The highest BCUT2D eigenvalue weighted by Crippen LogP contribution is 2.19. The normalized spacial score (nSPS) is 12.0. The lowest BCUT2D eigenvalue weighted by Crippen LogP contribution is -2.16. The van der Waals surface area contributed by atoms with Crippen molar-refractivity contribution in [1.82, 2.24) is 9.72 Å². The summed E-state index contributed by atoms with van der Waals surface area (Å²) in [7, 11) is 0. The molecule has 0 aliphatic rings. The van der Waals surface area contributed by atoms with Crippen molar-refractivity contribution < 1.29 is 9.32 Å². The number of hydrogen-bond donors (Lipinski definition) is 0. The van der Waals surface area contributed by atoms with Gasteiger partial charge in [0.2, 0.25) is 0 Å². The molecule has 0 bridgehead atoms. The van der Waals surface area contributed by atoms with E-state index < -0.39 is 5.91 Å². The lowest BCUT2D eigenvalue weighted by atomic mass is 10.2. The Morgan fingerprint density at radius 2 is 2.27 bits per heavy atom. The van der Waals surface area contributed by atoms with Gasteiger partial charge in [0, 0.05) is 12.6 Å². The smallest absolute Gasteiger partial charge is 0.301 e. The molecule has 1 amide bonds. The number of aromatic nitrogens is 2. The molecule has 0 saturated heterocycles. The number of nitrogens with zero attached hydrogens (tertiary/aromatic N) is 3. The maximum atomic E-state index is 12.2. The third kappa shape index (κ3) is 2.65. The minimum absolute atomic E-state index is 0.219. The number of rotatable bonds is 3. The molecule has 22 heavy (non-hydrogen) atoms. The summed E-state index contributed by atoms with van der Waals surface area (Å²) in [6, 6.07) is 7.75. The van der Waals surface area contributed by atoms with Crippen molar-refractivity contribution in [1.29, 1.82) is 0 Å². The number of aryl methyl sites for hydroxylation is 2. The summed E-state index contributed by atoms with van der Waals surface area (Å²) < 4.78 is 7.98. The van der Waals surface area contributed by atoms with Gasteiger partial charge in [0.15, 0.2) is 10.5 Å². The zero-order chi connectivity index (χ0) is 15.7. The van der Waals surface area contributed by atoms with Gasteiger partial charge in [-0.2, -0.15) is 4.99 Å². The topological polar surface area (TPSA) is 60.4 Å². The van der Waals surface area contributed by atoms with Gasteiger partial charge in [-0.15, -0.1) is 6.58 Å². The number of carbonyl (C=O) groups is 1. The summed E-state index contributed by atoms with van der Waals surface area (Å²) in [6.07, 6.45) is 1.79. The standard InChI is InChI=1S/C16H15N3O2S/c1-4-7-19-13-6-5-10(2)8-14(13)22-16(19)17-15(20)12-9-11(3)21-18-12/h4-6,8-9H,1,7H2,2-3H3. The van der Waals surface area contributed by atoms with Crippen molar-refractivity contribution in [2.45, 2.75) is 20.4 Å². The molecule has 0 radical (unpaired) electrons. The van der Waals surface area contributed by atoms with Crippen LogP contribution in [0.3, 0.4) is 0 Å². The molecular weight excluding hydrogens is 298 g/mol. The molecule has 2 heterocycles. The Hall–Kier alpha value is -2.47. The Kier molecular flexibility index (Phi) is 3.77. The van der Waals surface area contributed by atoms with Crippen LogP contribution in [-0.2, 0) is 6.54 Å². The summed E-state index contributed by atoms with van der Waals surface area (Å²) in [5, 5.41) is 3.71. The molecule has 3 rings (SSSR count). The molecule has 0 atom stereocenters. The Morgan fingerprint density at radius 1 is 1.45 bits per heavy atom. The molecular formula is C16H15N3O2S. The van der Waals surface area contributed by atoms with Crippen molar-refractivity contribution in [2.75, 3.05) is 0 Å². The van der Waals surface area contributed by atoms with Crippen LogP contribution in [0.5, 0.6) is 0 Å². The average Bonchev–Trinajstić information content (AvgIpc) is 3.04. The molecule has 0 saturated carbocycles. The van der Waals surface area contributed by atoms with Gasteiger partial charge < -0.3 is 9.09 Å². The largest absolute Gasteiger partial charge is 0.361 e. The molecule has 1 aromatic carbocycles. The maximum Gasteiger partial charge on any atom is 0.301 e. The molecule has 6 heteroatoms. The zero-order valence-electron chi connectivity index (χ0n) is 12.4. The van der Waals surface area contributed by atoms with Crippen LogP contribution in [0.15, 0.2) is 46.4 Å². The SMILES string of the molecule is C=CCn1c(=NC(=O)c2cc(C)on2)sc2cc(C)ccc21. The van der Waals surface area contributed by atoms with Gasteiger partial charge in [-0.05, 0) is 31.5 Å². The van der Waals surface area contributed by atoms with Crippen molar-refractivity contribution in [3.8, 4) is 0 Å². The second kappa shape index (κ2) is 5.73. The lowest BCUT2D eigenvalue weighted by molar-refractivity contribution is 0.0989. The molecule has 0 spiro atoms. The summed E-state index contributed by atoms with van der Waals surface area (Å²) >= 11 is 1.48. The maximum absolute atomic E-state index is 12.2. The number of fused-ring (bicyclic) bond motifs is 1. The first-order valence-corrected chi connectivity index (χ1v) is 7.63. The minimum Gasteiger partial charge on any atom is -0.361 e. The molecule has 0 fully saturated rings. The molecule has 3 aromatic rings. The van der Waals surface area contributed by atoms with Gasteiger partial charge >= 0.3 is 5.91 Å². The second-order valence-electron chi connectivity index (χ2n) is 4.99. The summed E-state index contributed by atoms with van der Waals surface area (Å²) in [4.78, 5) is 17.0. The Bertz CT molecular complexity index is 930. The molecule has 0 N–H and O–H groups in total. The van der Waals surface area contributed by atoms with E-state index in [9.17, 15) is 4.79 Å². The van der Waals surface area contributed by atoms with Crippen LogP contribution in [0, 0.1) is 13.8 Å². The van der Waals surface area contributed by atoms with E-state index in [1.165, 1.54) is 16.9 Å². The fourth-order valence-electron chi connectivity index (χ4n) is 2.18. The van der Waals surface area contributed by atoms with Gasteiger partial charge in [-0.1, -0.05) is 28.6 Å². The zero-order valence-corrected chi connectivity index (χ0v) is 13.2. The summed E-state index contributed by atoms with van der Waals surface area (Å²) in [5.41, 5.74) is 2.43. The Labute approximate surface area is 131 Å². The van der Waals surface area contributed by atoms with Crippen molar-refractivity contribution in [3.63, 3.8) is 0 Å². The van der Waals surface area contributed by atoms with Gasteiger partial charge in [0.25, 0.3) is 0 Å². The number of hydrogen-bond acceptors (Lipinski definition) is 4. The van der Waals surface area contributed by atoms with E-state index in [0.717, 1.165) is 10.2 Å². The van der Waals surface area contributed by atoms with Gasteiger partial charge in [-0.3, -0.25) is 4.79 Å². The van der Waals surface area contributed by atoms with Crippen LogP contribution < -0.4 is 4.80 Å². The predicted octanol–water partition coefficient (Wildman–Crippen LogP) is 3.23. The van der Waals surface area contributed by atoms with Crippen LogP contribution in [0.25, 0.3) is 10.2 Å². The molecule has 5 nitrogen and oxygen atoms in total. The van der Waals surface area contributed by atoms with Crippen molar-refractivity contribution in [3.05, 3.63) is 58.7 Å². The van der Waals surface area contributed by atoms with Crippen molar-refractivity contribution >= 4 is 27.5 Å². The number of allylic oxidation sites excluding steroid dienone is 1. The van der Waals surface area contributed by atoms with Gasteiger partial charge in [0.1, 0.15) is 5.76 Å². The molecule has 0 aliphatic carbocycles. The van der Waals surface area contributed by atoms with E-state index in [1.54, 1.807) is 19.1 Å². The average molecular weight is 313 g/mol. The van der Waals surface area contributed by atoms with Crippen LogP contribution in [0.2, 0.25) is 0 Å². The fraction of sp³-hybridized carbons (Fsp3) is 0.188. The molecule has 2 aromatic heterocycles. The number of thiazole rings is 1. The summed E-state index contributed by atoms with van der Waals surface area (Å²) in [5.74, 6) is 0.183. The third-order valence-electron chi connectivity index (χ3n) is 3.19. The third-order valence-corrected chi connectivity index (χ3v) is 4.24. The first kappa shape index (κ1) is 14.5. The number of amides is 1. The van der Waals surface area contributed by atoms with Crippen LogP contribution in [0.4, 0.5) is 0 Å². The first-order chi connectivity index (χ1) is 10.6. The summed E-state index contributed by atoms with van der Waals surface area (Å²) in [6.45, 7) is 8.14. The first-order valence-electron chi connectivity index (χ1n) is 6.82. The lowest BCUT2D eigenvalue weighted by Gasteiger charge is -2.00. The number of benzene rings is 1. The Morgan fingerprint density at radius 3 is 2.95 bits per heavy atom. The van der Waals surface area contributed by atoms with Gasteiger partial charge in [-0.25, -0.2) is 0 Å². The van der Waals surface area contributed by atoms with Gasteiger partial charge in [0.05, 0.1) is 10.2 Å². The van der Waals surface area contributed by atoms with E-state index in [2.05, 4.69) is 22.8 Å². The van der Waals surface area contributed by atoms with Crippen LogP contribution >= 0.6 is 11.3 Å². The molecule has 0 aliphatic heterocycles. The minimum atomic E-state index is -0.405. The fourth-order valence-corrected chi connectivity index (χ4v) is 3.32. The highest BCUT2D eigenvalue weighted by Gasteiger charge is 2.12. The molecule has 0 unspecified atom stereocenters. The number of carbonyl (C=O) groups excluding carboxylic acids is 1. The second-order valence-corrected chi connectivity index (χ2v) is 6.00. The van der Waals surface area contributed by atoms with E-state index in [-0.39, 0.29) is 5.69 Å². The van der Waals surface area contributed by atoms with Crippen LogP contribution in [-0.4, -0.2) is 15.6 Å². The van der Waals surface area contributed by atoms with Crippen molar-refractivity contribution in [2.24, 2.45) is 4.99 Å². The monoisotopic (exact) mass is 313 g/mol. The van der Waals surface area contributed by atoms with E-state index in [0.29, 0.717) is 17.1 Å². The molecule has 112 valence electrons. The van der Waals surface area contributed by atoms with E-state index in [1.807, 2.05) is 23.6 Å². The Balaban J connectivity index is 2.16. The quantitative estimate of drug-likeness (QED) is 0.697. The van der Waals surface area contributed by atoms with Crippen LogP contribution in [0.1, 0.15) is 21.8 Å².